The number of nitrogens with one attached hydrogen (secondary N) is 1. The highest BCUT2D eigenvalue weighted by Crippen LogP contribution is 2.19. The van der Waals surface area contributed by atoms with Crippen LogP contribution in [-0.2, 0) is 21.8 Å². The van der Waals surface area contributed by atoms with Crippen LogP contribution in [0, 0.1) is 0 Å². The van der Waals surface area contributed by atoms with Gasteiger partial charge in [0.25, 0.3) is 0 Å². The molecule has 1 fully saturated rings. The van der Waals surface area contributed by atoms with Crippen LogP contribution in [0.3, 0.4) is 0 Å². The molecule has 1 saturated heterocycles. The zero-order chi connectivity index (χ0) is 13.3. The molecule has 0 aromatic carbocycles. The lowest BCUT2D eigenvalue weighted by Gasteiger charge is -2.19. The van der Waals surface area contributed by atoms with Crippen molar-refractivity contribution in [3.8, 4) is 0 Å². The number of sulfonamides is 1. The molecule has 8 heteroatoms. The Kier molecular flexibility index (Phi) is 3.60. The lowest BCUT2D eigenvalue weighted by atomic mass is 10.1. The summed E-state index contributed by atoms with van der Waals surface area (Å²) >= 11 is 0. The third kappa shape index (κ3) is 2.65. The molecule has 0 radical (unpaired) electrons. The Bertz CT molecular complexity index is 519. The molecule has 1 aromatic heterocycles. The molecule has 2 atom stereocenters. The minimum atomic E-state index is -3.65. The van der Waals surface area contributed by atoms with Gasteiger partial charge in [-0.2, -0.15) is 5.10 Å². The highest BCUT2D eigenvalue weighted by atomic mass is 32.2. The monoisotopic (exact) mass is 274 g/mol. The van der Waals surface area contributed by atoms with Crippen LogP contribution in [0.1, 0.15) is 19.8 Å². The summed E-state index contributed by atoms with van der Waals surface area (Å²) in [6, 6.07) is -0.280. The van der Waals surface area contributed by atoms with Crippen molar-refractivity contribution in [1.82, 2.24) is 14.5 Å². The second kappa shape index (κ2) is 4.87. The van der Waals surface area contributed by atoms with Crippen LogP contribution in [0.25, 0.3) is 0 Å². The van der Waals surface area contributed by atoms with E-state index < -0.39 is 10.0 Å². The number of anilines is 1. The summed E-state index contributed by atoms with van der Waals surface area (Å²) < 4.78 is 33.7. The Morgan fingerprint density at radius 1 is 1.67 bits per heavy atom. The van der Waals surface area contributed by atoms with Gasteiger partial charge in [-0.25, -0.2) is 13.1 Å². The summed E-state index contributed by atoms with van der Waals surface area (Å²) in [5, 5.41) is 3.83. The maximum Gasteiger partial charge on any atom is 0.246 e. The number of hydrogen-bond acceptors (Lipinski definition) is 5. The van der Waals surface area contributed by atoms with Gasteiger partial charge in [0.15, 0.2) is 5.82 Å². The van der Waals surface area contributed by atoms with Crippen LogP contribution >= 0.6 is 0 Å². The van der Waals surface area contributed by atoms with Gasteiger partial charge in [-0.1, -0.05) is 0 Å². The SMILES string of the molecule is CC(NS(=O)(=O)c1cn(C)nc1N)C1CCCO1. The highest BCUT2D eigenvalue weighted by molar-refractivity contribution is 7.89. The zero-order valence-electron chi connectivity index (χ0n) is 10.5. The van der Waals surface area contributed by atoms with E-state index in [1.807, 2.05) is 0 Å². The van der Waals surface area contributed by atoms with Crippen LogP contribution in [0.5, 0.6) is 0 Å². The van der Waals surface area contributed by atoms with E-state index in [1.54, 1.807) is 14.0 Å². The van der Waals surface area contributed by atoms with E-state index in [9.17, 15) is 8.42 Å². The highest BCUT2D eigenvalue weighted by Gasteiger charge is 2.28. The van der Waals surface area contributed by atoms with E-state index in [0.29, 0.717) is 6.61 Å². The number of aryl methyl sites for hydroxylation is 1. The van der Waals surface area contributed by atoms with Gasteiger partial charge in [0, 0.05) is 25.9 Å². The maximum atomic E-state index is 12.1. The van der Waals surface area contributed by atoms with Gasteiger partial charge in [-0.05, 0) is 19.8 Å². The van der Waals surface area contributed by atoms with Crippen molar-refractivity contribution >= 4 is 15.8 Å². The Balaban J connectivity index is 2.14. The van der Waals surface area contributed by atoms with Crippen molar-refractivity contribution in [2.45, 2.75) is 36.8 Å². The number of ether oxygens (including phenoxy) is 1. The third-order valence-electron chi connectivity index (χ3n) is 2.98. The molecule has 0 aliphatic carbocycles. The predicted molar refractivity (Wildman–Crippen MR) is 66.4 cm³/mol. The van der Waals surface area contributed by atoms with Gasteiger partial charge >= 0.3 is 0 Å². The largest absolute Gasteiger partial charge is 0.381 e. The van der Waals surface area contributed by atoms with Crippen LogP contribution in [-0.4, -0.2) is 37.0 Å². The normalized spacial score (nSPS) is 22.2. The number of aromatic nitrogens is 2. The number of nitrogen functional groups attached to an aromatic ring is 1. The van der Waals surface area contributed by atoms with Crippen LogP contribution in [0.15, 0.2) is 11.1 Å². The van der Waals surface area contributed by atoms with Gasteiger partial charge in [-0.3, -0.25) is 4.68 Å². The molecule has 2 unspecified atom stereocenters. The molecule has 3 N–H and O–H groups in total. The Labute approximate surface area is 106 Å². The van der Waals surface area contributed by atoms with E-state index in [2.05, 4.69) is 9.82 Å². The fraction of sp³-hybridized carbons (Fsp3) is 0.700. The molecule has 1 aliphatic heterocycles. The molecule has 0 saturated carbocycles. The Hall–Kier alpha value is -1.12. The van der Waals surface area contributed by atoms with Crippen molar-refractivity contribution < 1.29 is 13.2 Å². The summed E-state index contributed by atoms with van der Waals surface area (Å²) in [6.07, 6.45) is 3.15. The molecule has 0 bridgehead atoms. The summed E-state index contributed by atoms with van der Waals surface area (Å²) in [5.41, 5.74) is 5.57. The van der Waals surface area contributed by atoms with Crippen LogP contribution in [0.4, 0.5) is 5.82 Å². The predicted octanol–water partition coefficient (Wildman–Crippen LogP) is -0.152. The maximum absolute atomic E-state index is 12.1. The van der Waals surface area contributed by atoms with Gasteiger partial charge < -0.3 is 10.5 Å². The van der Waals surface area contributed by atoms with Crippen LogP contribution in [0.2, 0.25) is 0 Å². The average Bonchev–Trinajstić information content (AvgIpc) is 2.86. The molecular weight excluding hydrogens is 256 g/mol. The molecule has 0 spiro atoms. The molecular formula is C10H18N4O3S. The third-order valence-corrected chi connectivity index (χ3v) is 4.55. The lowest BCUT2D eigenvalue weighted by molar-refractivity contribution is 0.0902. The second-order valence-electron chi connectivity index (χ2n) is 4.51. The molecule has 0 amide bonds. The molecule has 2 heterocycles. The molecule has 7 nitrogen and oxygen atoms in total. The molecule has 102 valence electrons. The second-order valence-corrected chi connectivity index (χ2v) is 6.20. The summed E-state index contributed by atoms with van der Waals surface area (Å²) in [5.74, 6) is 0.00420. The van der Waals surface area contributed by atoms with Crippen molar-refractivity contribution in [3.63, 3.8) is 0 Å². The average molecular weight is 274 g/mol. The molecule has 1 aliphatic rings. The van der Waals surface area contributed by atoms with E-state index >= 15 is 0 Å². The van der Waals surface area contributed by atoms with Gasteiger partial charge in [-0.15, -0.1) is 0 Å². The quantitative estimate of drug-likeness (QED) is 0.795. The summed E-state index contributed by atoms with van der Waals surface area (Å²) in [6.45, 7) is 2.48. The summed E-state index contributed by atoms with van der Waals surface area (Å²) in [4.78, 5) is 0.00912. The van der Waals surface area contributed by atoms with E-state index in [-0.39, 0.29) is 22.9 Å². The van der Waals surface area contributed by atoms with Crippen molar-refractivity contribution in [1.29, 1.82) is 0 Å². The van der Waals surface area contributed by atoms with Crippen LogP contribution < -0.4 is 10.5 Å². The first-order valence-electron chi connectivity index (χ1n) is 5.83. The van der Waals surface area contributed by atoms with Gasteiger partial charge in [0.1, 0.15) is 4.90 Å². The number of nitrogens with two attached hydrogens (primary N) is 1. The topological polar surface area (TPSA) is 99.2 Å². The van der Waals surface area contributed by atoms with Crippen molar-refractivity contribution in [2.24, 2.45) is 7.05 Å². The lowest BCUT2D eigenvalue weighted by Crippen LogP contribution is -2.40. The van der Waals surface area contributed by atoms with E-state index in [4.69, 9.17) is 10.5 Å². The van der Waals surface area contributed by atoms with Gasteiger partial charge in [0.2, 0.25) is 10.0 Å². The summed E-state index contributed by atoms with van der Waals surface area (Å²) in [7, 11) is -2.02. The zero-order valence-corrected chi connectivity index (χ0v) is 11.3. The Morgan fingerprint density at radius 2 is 2.39 bits per heavy atom. The van der Waals surface area contributed by atoms with E-state index in [0.717, 1.165) is 12.8 Å². The fourth-order valence-electron chi connectivity index (χ4n) is 2.07. The number of hydrogen-bond donors (Lipinski definition) is 2. The molecule has 1 aromatic rings. The van der Waals surface area contributed by atoms with E-state index in [1.165, 1.54) is 10.9 Å². The minimum absolute atomic E-state index is 0.00420. The smallest absolute Gasteiger partial charge is 0.246 e. The first kappa shape index (κ1) is 13.3. The minimum Gasteiger partial charge on any atom is -0.381 e. The Morgan fingerprint density at radius 3 is 2.89 bits per heavy atom. The van der Waals surface area contributed by atoms with Crippen molar-refractivity contribution in [3.05, 3.63) is 6.20 Å². The standard InChI is InChI=1S/C10H18N4O3S/c1-7(8-4-3-5-17-8)13-18(15,16)9-6-14(2)12-10(9)11/h6-8,13H,3-5H2,1-2H3,(H2,11,12). The van der Waals surface area contributed by atoms with Gasteiger partial charge in [0.05, 0.1) is 6.10 Å². The molecule has 18 heavy (non-hydrogen) atoms. The fourth-order valence-corrected chi connectivity index (χ4v) is 3.45. The first-order chi connectivity index (χ1) is 8.40. The number of nitrogens with zero attached hydrogens (tertiary/aromatic N) is 2. The number of rotatable bonds is 4. The molecule has 2 rings (SSSR count). The first-order valence-corrected chi connectivity index (χ1v) is 7.31. The van der Waals surface area contributed by atoms with Crippen molar-refractivity contribution in [2.75, 3.05) is 12.3 Å².